The third kappa shape index (κ3) is 6.46. The lowest BCUT2D eigenvalue weighted by Gasteiger charge is -2.23. The third-order valence-electron chi connectivity index (χ3n) is 4.67. The lowest BCUT2D eigenvalue weighted by molar-refractivity contribution is -0.114. The molecule has 34 heavy (non-hydrogen) atoms. The van der Waals surface area contributed by atoms with E-state index in [1.54, 1.807) is 19.1 Å². The molecule has 180 valence electrons. The monoisotopic (exact) mass is 525 g/mol. The van der Waals surface area contributed by atoms with E-state index in [-0.39, 0.29) is 22.0 Å². The van der Waals surface area contributed by atoms with Gasteiger partial charge in [-0.3, -0.25) is 13.8 Å². The summed E-state index contributed by atoms with van der Waals surface area (Å²) < 4.78 is 65.9. The zero-order chi connectivity index (χ0) is 25.1. The van der Waals surface area contributed by atoms with E-state index in [1.807, 2.05) is 0 Å². The first-order valence-electron chi connectivity index (χ1n) is 9.77. The Morgan fingerprint density at radius 1 is 0.941 bits per heavy atom. The summed E-state index contributed by atoms with van der Waals surface area (Å²) in [6.07, 6.45) is 0.981. The van der Waals surface area contributed by atoms with Gasteiger partial charge in [-0.15, -0.1) is 0 Å². The van der Waals surface area contributed by atoms with Crippen molar-refractivity contribution in [1.29, 1.82) is 0 Å². The average Bonchev–Trinajstić information content (AvgIpc) is 2.75. The van der Waals surface area contributed by atoms with Crippen LogP contribution >= 0.6 is 11.6 Å². The van der Waals surface area contributed by atoms with Crippen LogP contribution in [0.15, 0.2) is 71.6 Å². The van der Waals surface area contributed by atoms with Crippen LogP contribution < -0.4 is 14.3 Å². The molecule has 0 spiro atoms. The first-order chi connectivity index (χ1) is 15.8. The molecule has 0 radical (unpaired) electrons. The fourth-order valence-electron chi connectivity index (χ4n) is 3.01. The van der Waals surface area contributed by atoms with Crippen LogP contribution in [0, 0.1) is 12.7 Å². The number of sulfonamides is 2. The molecule has 0 aliphatic carbocycles. The van der Waals surface area contributed by atoms with Gasteiger partial charge in [0.25, 0.3) is 10.0 Å². The fourth-order valence-corrected chi connectivity index (χ4v) is 5.14. The molecule has 0 bridgehead atoms. The van der Waals surface area contributed by atoms with Crippen molar-refractivity contribution in [1.82, 2.24) is 0 Å². The summed E-state index contributed by atoms with van der Waals surface area (Å²) in [4.78, 5) is 12.5. The minimum Gasteiger partial charge on any atom is -0.325 e. The van der Waals surface area contributed by atoms with E-state index in [2.05, 4.69) is 10.0 Å². The van der Waals surface area contributed by atoms with Gasteiger partial charge in [-0.25, -0.2) is 21.2 Å². The molecule has 0 fully saturated rings. The van der Waals surface area contributed by atoms with E-state index in [4.69, 9.17) is 11.6 Å². The standard InChI is InChI=1S/C22H21ClFN3O5S2/c1-15-3-4-16(23)13-21(15)27(33(2,29)30)14-22(28)25-18-9-11-20(12-10-18)34(31,32)26-19-7-5-17(24)6-8-19/h3-13,26H,14H2,1-2H3,(H,25,28). The third-order valence-corrected chi connectivity index (χ3v) is 7.43. The summed E-state index contributed by atoms with van der Waals surface area (Å²) in [6.45, 7) is 1.19. The molecule has 8 nitrogen and oxygen atoms in total. The van der Waals surface area contributed by atoms with Crippen LogP contribution in [-0.4, -0.2) is 35.5 Å². The van der Waals surface area contributed by atoms with Crippen LogP contribution in [0.2, 0.25) is 5.02 Å². The van der Waals surface area contributed by atoms with Gasteiger partial charge in [0.1, 0.15) is 12.4 Å². The van der Waals surface area contributed by atoms with Gasteiger partial charge in [0, 0.05) is 16.4 Å². The van der Waals surface area contributed by atoms with Crippen LogP contribution in [-0.2, 0) is 24.8 Å². The topological polar surface area (TPSA) is 113 Å². The molecule has 0 saturated heterocycles. The molecule has 0 heterocycles. The highest BCUT2D eigenvalue weighted by molar-refractivity contribution is 7.92. The van der Waals surface area contributed by atoms with E-state index in [0.717, 1.165) is 22.7 Å². The minimum absolute atomic E-state index is 0.0814. The normalized spacial score (nSPS) is 11.6. The number of amides is 1. The zero-order valence-electron chi connectivity index (χ0n) is 18.1. The number of rotatable bonds is 8. The van der Waals surface area contributed by atoms with Crippen molar-refractivity contribution in [2.45, 2.75) is 11.8 Å². The summed E-state index contributed by atoms with van der Waals surface area (Å²) in [5, 5.41) is 2.87. The highest BCUT2D eigenvalue weighted by Crippen LogP contribution is 2.26. The van der Waals surface area contributed by atoms with Crippen molar-refractivity contribution in [3.05, 3.63) is 83.1 Å². The summed E-state index contributed by atoms with van der Waals surface area (Å²) >= 11 is 5.99. The average molecular weight is 526 g/mol. The van der Waals surface area contributed by atoms with Crippen LogP contribution in [0.3, 0.4) is 0 Å². The number of carbonyl (C=O) groups excluding carboxylic acids is 1. The molecular formula is C22H21ClFN3O5S2. The van der Waals surface area contributed by atoms with E-state index in [9.17, 15) is 26.0 Å². The maximum atomic E-state index is 13.0. The Morgan fingerprint density at radius 3 is 2.12 bits per heavy atom. The van der Waals surface area contributed by atoms with Gasteiger partial charge in [0.2, 0.25) is 15.9 Å². The Morgan fingerprint density at radius 2 is 1.53 bits per heavy atom. The van der Waals surface area contributed by atoms with Gasteiger partial charge < -0.3 is 5.32 Å². The largest absolute Gasteiger partial charge is 0.325 e. The second-order valence-corrected chi connectivity index (χ2v) is 11.4. The number of benzene rings is 3. The van der Waals surface area contributed by atoms with Gasteiger partial charge in [-0.2, -0.15) is 0 Å². The molecule has 0 unspecified atom stereocenters. The second kappa shape index (κ2) is 10.00. The molecule has 3 aromatic rings. The van der Waals surface area contributed by atoms with Crippen LogP contribution in [0.1, 0.15) is 5.56 Å². The lowest BCUT2D eigenvalue weighted by Crippen LogP contribution is -2.37. The Balaban J connectivity index is 1.73. The van der Waals surface area contributed by atoms with Crippen molar-refractivity contribution in [3.8, 4) is 0 Å². The number of anilines is 3. The molecule has 12 heteroatoms. The summed E-state index contributed by atoms with van der Waals surface area (Å²) in [6, 6.07) is 14.8. The number of hydrogen-bond donors (Lipinski definition) is 2. The molecule has 2 N–H and O–H groups in total. The molecule has 0 atom stereocenters. The van der Waals surface area contributed by atoms with Gasteiger partial charge in [0.05, 0.1) is 16.8 Å². The second-order valence-electron chi connectivity index (χ2n) is 7.39. The van der Waals surface area contributed by atoms with E-state index in [1.165, 1.54) is 42.5 Å². The van der Waals surface area contributed by atoms with Gasteiger partial charge in [-0.1, -0.05) is 17.7 Å². The molecule has 0 aliphatic heterocycles. The Kier molecular flexibility index (Phi) is 7.49. The van der Waals surface area contributed by atoms with Crippen molar-refractivity contribution in [2.24, 2.45) is 0 Å². The molecule has 3 aromatic carbocycles. The molecule has 1 amide bonds. The maximum Gasteiger partial charge on any atom is 0.261 e. The van der Waals surface area contributed by atoms with Crippen molar-refractivity contribution in [3.63, 3.8) is 0 Å². The Hall–Kier alpha value is -3.15. The first kappa shape index (κ1) is 25.5. The van der Waals surface area contributed by atoms with Crippen LogP contribution in [0.5, 0.6) is 0 Å². The fraction of sp³-hybridized carbons (Fsp3) is 0.136. The molecule has 0 aliphatic rings. The number of nitrogens with one attached hydrogen (secondary N) is 2. The summed E-state index contributed by atoms with van der Waals surface area (Å²) in [5.74, 6) is -1.13. The highest BCUT2D eigenvalue weighted by atomic mass is 35.5. The number of aryl methyl sites for hydroxylation is 1. The van der Waals surface area contributed by atoms with E-state index in [0.29, 0.717) is 10.6 Å². The van der Waals surface area contributed by atoms with Crippen molar-refractivity contribution in [2.75, 3.05) is 27.1 Å². The predicted octanol–water partition coefficient (Wildman–Crippen LogP) is 3.99. The quantitative estimate of drug-likeness (QED) is 0.461. The molecule has 3 rings (SSSR count). The number of carbonyl (C=O) groups is 1. The van der Waals surface area contributed by atoms with Crippen LogP contribution in [0.4, 0.5) is 21.5 Å². The predicted molar refractivity (Wildman–Crippen MR) is 131 cm³/mol. The molecule has 0 saturated carbocycles. The summed E-state index contributed by atoms with van der Waals surface area (Å²) in [5.41, 5.74) is 1.35. The molecular weight excluding hydrogens is 505 g/mol. The van der Waals surface area contributed by atoms with Gasteiger partial charge in [-0.05, 0) is 73.2 Å². The molecule has 0 aromatic heterocycles. The number of hydrogen-bond acceptors (Lipinski definition) is 5. The minimum atomic E-state index is -3.94. The van der Waals surface area contributed by atoms with Crippen molar-refractivity contribution < 1.29 is 26.0 Å². The maximum absolute atomic E-state index is 13.0. The first-order valence-corrected chi connectivity index (χ1v) is 13.5. The Labute approximate surface area is 202 Å². The van der Waals surface area contributed by atoms with E-state index >= 15 is 0 Å². The number of nitrogens with zero attached hydrogens (tertiary/aromatic N) is 1. The van der Waals surface area contributed by atoms with Gasteiger partial charge >= 0.3 is 0 Å². The zero-order valence-corrected chi connectivity index (χ0v) is 20.5. The smallest absolute Gasteiger partial charge is 0.261 e. The van der Waals surface area contributed by atoms with E-state index < -0.39 is 38.3 Å². The van der Waals surface area contributed by atoms with Crippen molar-refractivity contribution >= 4 is 54.6 Å². The van der Waals surface area contributed by atoms with Crippen LogP contribution in [0.25, 0.3) is 0 Å². The highest BCUT2D eigenvalue weighted by Gasteiger charge is 2.23. The SMILES string of the molecule is Cc1ccc(Cl)cc1N(CC(=O)Nc1ccc(S(=O)(=O)Nc2ccc(F)cc2)cc1)S(C)(=O)=O. The summed E-state index contributed by atoms with van der Waals surface area (Å²) in [7, 11) is -7.74. The van der Waals surface area contributed by atoms with Gasteiger partial charge in [0.15, 0.2) is 0 Å². The number of halogens is 2. The lowest BCUT2D eigenvalue weighted by atomic mass is 10.2. The Bertz CT molecular complexity index is 1410.